The standard InChI is InChI=1S/C25H17Cl3N2O6/c1-2-34-22-11-15(9-20(28)23(22)35-13-14-3-6-17(7-4-14)30(32)33)10-21-25(31)36-24(29-21)18-8-5-16(26)12-19(18)27/h3-12H,2,13H2,1H3/b21-10-. The summed E-state index contributed by atoms with van der Waals surface area (Å²) in [4.78, 5) is 27.0. The van der Waals surface area contributed by atoms with Gasteiger partial charge in [0.15, 0.2) is 17.2 Å². The van der Waals surface area contributed by atoms with Gasteiger partial charge in [0.05, 0.1) is 27.1 Å². The molecule has 1 aliphatic heterocycles. The summed E-state index contributed by atoms with van der Waals surface area (Å²) in [5.74, 6) is 0.0657. The Kier molecular flexibility index (Phi) is 7.79. The predicted molar refractivity (Wildman–Crippen MR) is 137 cm³/mol. The second-order valence-corrected chi connectivity index (χ2v) is 8.69. The monoisotopic (exact) mass is 546 g/mol. The fourth-order valence-corrected chi connectivity index (χ4v) is 4.05. The van der Waals surface area contributed by atoms with Crippen molar-refractivity contribution in [2.75, 3.05) is 6.61 Å². The molecule has 0 amide bonds. The number of aliphatic imine (C=N–C) groups is 1. The molecule has 0 bridgehead atoms. The molecule has 8 nitrogen and oxygen atoms in total. The summed E-state index contributed by atoms with van der Waals surface area (Å²) in [7, 11) is 0. The highest BCUT2D eigenvalue weighted by Crippen LogP contribution is 2.38. The number of cyclic esters (lactones) is 1. The Morgan fingerprint density at radius 3 is 2.44 bits per heavy atom. The first-order valence-electron chi connectivity index (χ1n) is 10.6. The van der Waals surface area contributed by atoms with Gasteiger partial charge in [-0.05, 0) is 66.6 Å². The van der Waals surface area contributed by atoms with Crippen LogP contribution in [0.1, 0.15) is 23.6 Å². The van der Waals surface area contributed by atoms with E-state index in [9.17, 15) is 14.9 Å². The highest BCUT2D eigenvalue weighted by molar-refractivity contribution is 6.37. The number of esters is 1. The quantitative estimate of drug-likeness (QED) is 0.132. The molecular formula is C25H17Cl3N2O6. The van der Waals surface area contributed by atoms with Crippen molar-refractivity contribution in [2.24, 2.45) is 4.99 Å². The van der Waals surface area contributed by atoms with E-state index in [0.717, 1.165) is 0 Å². The van der Waals surface area contributed by atoms with Gasteiger partial charge in [-0.25, -0.2) is 9.79 Å². The van der Waals surface area contributed by atoms with E-state index >= 15 is 0 Å². The normalized spacial score (nSPS) is 13.9. The summed E-state index contributed by atoms with van der Waals surface area (Å²) in [5, 5.41) is 11.8. The fourth-order valence-electron chi connectivity index (χ4n) is 3.29. The maximum Gasteiger partial charge on any atom is 0.363 e. The SMILES string of the molecule is CCOc1cc(/C=C2\N=C(c3ccc(Cl)cc3Cl)OC2=O)cc(Cl)c1OCc1ccc([N+](=O)[O-])cc1. The summed E-state index contributed by atoms with van der Waals surface area (Å²) in [6, 6.07) is 14.0. The molecule has 36 heavy (non-hydrogen) atoms. The van der Waals surface area contributed by atoms with Crippen LogP contribution in [0.3, 0.4) is 0 Å². The van der Waals surface area contributed by atoms with E-state index < -0.39 is 10.9 Å². The molecule has 3 aromatic rings. The van der Waals surface area contributed by atoms with Gasteiger partial charge in [-0.15, -0.1) is 0 Å². The number of benzene rings is 3. The molecular weight excluding hydrogens is 531 g/mol. The Morgan fingerprint density at radius 2 is 1.78 bits per heavy atom. The van der Waals surface area contributed by atoms with Crippen molar-refractivity contribution >= 4 is 58.4 Å². The van der Waals surface area contributed by atoms with Crippen LogP contribution < -0.4 is 9.47 Å². The summed E-state index contributed by atoms with van der Waals surface area (Å²) in [6.07, 6.45) is 1.51. The first-order valence-corrected chi connectivity index (χ1v) is 11.7. The number of ether oxygens (including phenoxy) is 3. The zero-order valence-electron chi connectivity index (χ0n) is 18.7. The lowest BCUT2D eigenvalue weighted by molar-refractivity contribution is -0.384. The van der Waals surface area contributed by atoms with Crippen LogP contribution in [-0.2, 0) is 16.1 Å². The minimum absolute atomic E-state index is 0.0150. The van der Waals surface area contributed by atoms with Crippen molar-refractivity contribution in [3.8, 4) is 11.5 Å². The topological polar surface area (TPSA) is 100 Å². The number of nitro benzene ring substituents is 1. The van der Waals surface area contributed by atoms with Crippen molar-refractivity contribution < 1.29 is 23.9 Å². The van der Waals surface area contributed by atoms with Crippen LogP contribution in [0.5, 0.6) is 11.5 Å². The maximum absolute atomic E-state index is 12.4. The average molecular weight is 548 g/mol. The molecule has 0 unspecified atom stereocenters. The Labute approximate surface area is 220 Å². The van der Waals surface area contributed by atoms with E-state index in [-0.39, 0.29) is 28.9 Å². The lowest BCUT2D eigenvalue weighted by Crippen LogP contribution is -2.06. The number of hydrogen-bond acceptors (Lipinski definition) is 7. The molecule has 0 aliphatic carbocycles. The van der Waals surface area contributed by atoms with Crippen molar-refractivity contribution in [1.29, 1.82) is 0 Å². The third kappa shape index (κ3) is 5.79. The molecule has 0 saturated heterocycles. The molecule has 0 aromatic heterocycles. The number of halogens is 3. The van der Waals surface area contributed by atoms with Crippen LogP contribution in [-0.4, -0.2) is 23.4 Å². The minimum atomic E-state index is -0.649. The van der Waals surface area contributed by atoms with E-state index in [2.05, 4.69) is 4.99 Å². The Bertz CT molecular complexity index is 1400. The number of nitrogens with zero attached hydrogens (tertiary/aromatic N) is 2. The zero-order valence-corrected chi connectivity index (χ0v) is 20.9. The smallest absolute Gasteiger partial charge is 0.363 e. The van der Waals surface area contributed by atoms with E-state index in [4.69, 9.17) is 49.0 Å². The number of nitro groups is 1. The summed E-state index contributed by atoms with van der Waals surface area (Å²) in [6.45, 7) is 2.25. The van der Waals surface area contributed by atoms with E-state index in [1.165, 1.54) is 24.3 Å². The van der Waals surface area contributed by atoms with E-state index in [1.807, 2.05) is 0 Å². The van der Waals surface area contributed by atoms with E-state index in [0.29, 0.717) is 44.8 Å². The van der Waals surface area contributed by atoms with Crippen LogP contribution in [0.15, 0.2) is 65.3 Å². The molecule has 11 heteroatoms. The van der Waals surface area contributed by atoms with Gasteiger partial charge < -0.3 is 14.2 Å². The first-order chi connectivity index (χ1) is 17.2. The summed E-state index contributed by atoms with van der Waals surface area (Å²) < 4.78 is 16.8. The lowest BCUT2D eigenvalue weighted by Gasteiger charge is -2.14. The molecule has 4 rings (SSSR count). The third-order valence-electron chi connectivity index (χ3n) is 4.95. The van der Waals surface area contributed by atoms with Gasteiger partial charge in [-0.2, -0.15) is 0 Å². The van der Waals surface area contributed by atoms with Crippen LogP contribution in [0.2, 0.25) is 15.1 Å². The van der Waals surface area contributed by atoms with Crippen molar-refractivity contribution in [3.05, 3.63) is 102 Å². The highest BCUT2D eigenvalue weighted by atomic mass is 35.5. The fraction of sp³-hybridized carbons (Fsp3) is 0.120. The van der Waals surface area contributed by atoms with Gasteiger partial charge in [0.25, 0.3) is 5.69 Å². The average Bonchev–Trinajstić information content (AvgIpc) is 3.18. The highest BCUT2D eigenvalue weighted by Gasteiger charge is 2.26. The first kappa shape index (κ1) is 25.5. The van der Waals surface area contributed by atoms with Gasteiger partial charge in [-0.1, -0.05) is 34.8 Å². The Balaban J connectivity index is 1.59. The molecule has 0 atom stereocenters. The molecule has 3 aromatic carbocycles. The van der Waals surface area contributed by atoms with E-state index in [1.54, 1.807) is 43.3 Å². The third-order valence-corrected chi connectivity index (χ3v) is 5.78. The van der Waals surface area contributed by atoms with Crippen LogP contribution in [0.4, 0.5) is 5.69 Å². The number of carbonyl (C=O) groups excluding carboxylic acids is 1. The second kappa shape index (κ2) is 11.0. The van der Waals surface area contributed by atoms with Gasteiger partial charge in [0, 0.05) is 17.2 Å². The number of rotatable bonds is 8. The van der Waals surface area contributed by atoms with Gasteiger partial charge in [0.1, 0.15) is 6.61 Å². The van der Waals surface area contributed by atoms with Crippen molar-refractivity contribution in [3.63, 3.8) is 0 Å². The maximum atomic E-state index is 12.4. The van der Waals surface area contributed by atoms with Gasteiger partial charge in [-0.3, -0.25) is 10.1 Å². The van der Waals surface area contributed by atoms with Gasteiger partial charge >= 0.3 is 5.97 Å². The number of hydrogen-bond donors (Lipinski definition) is 0. The zero-order chi connectivity index (χ0) is 25.8. The minimum Gasteiger partial charge on any atom is -0.490 e. The molecule has 1 heterocycles. The second-order valence-electron chi connectivity index (χ2n) is 7.44. The summed E-state index contributed by atoms with van der Waals surface area (Å²) in [5.41, 5.74) is 1.71. The molecule has 0 fully saturated rings. The molecule has 0 saturated carbocycles. The lowest BCUT2D eigenvalue weighted by atomic mass is 10.1. The largest absolute Gasteiger partial charge is 0.490 e. The predicted octanol–water partition coefficient (Wildman–Crippen LogP) is 6.88. The molecule has 0 N–H and O–H groups in total. The number of carbonyl (C=O) groups is 1. The molecule has 0 spiro atoms. The molecule has 184 valence electrons. The van der Waals surface area contributed by atoms with Crippen LogP contribution in [0.25, 0.3) is 6.08 Å². The van der Waals surface area contributed by atoms with Gasteiger partial charge in [0.2, 0.25) is 5.90 Å². The van der Waals surface area contributed by atoms with Crippen molar-refractivity contribution in [1.82, 2.24) is 0 Å². The van der Waals surface area contributed by atoms with Crippen LogP contribution >= 0.6 is 34.8 Å². The van der Waals surface area contributed by atoms with Crippen LogP contribution in [0, 0.1) is 10.1 Å². The summed E-state index contributed by atoms with van der Waals surface area (Å²) >= 11 is 18.6. The number of non-ortho nitro benzene ring substituents is 1. The Hall–Kier alpha value is -3.59. The Morgan fingerprint density at radius 1 is 1.03 bits per heavy atom. The molecule has 1 aliphatic rings. The van der Waals surface area contributed by atoms with Crippen molar-refractivity contribution in [2.45, 2.75) is 13.5 Å². The molecule has 0 radical (unpaired) electrons.